The lowest BCUT2D eigenvalue weighted by molar-refractivity contribution is 0.423. The standard InChI is InChI=1S/C17H25N3/c1-12-7-8-16(20-14(3)10-13(2)19-20)15(9-12)11-18-17(4,5)6/h7-10,18H,11H2,1-6H3. The molecule has 0 saturated heterocycles. The molecular weight excluding hydrogens is 246 g/mol. The molecule has 1 N–H and O–H groups in total. The lowest BCUT2D eigenvalue weighted by Crippen LogP contribution is -2.35. The van der Waals surface area contributed by atoms with Gasteiger partial charge in [-0.2, -0.15) is 5.10 Å². The first-order valence-electron chi connectivity index (χ1n) is 7.14. The SMILES string of the molecule is Cc1ccc(-n2nc(C)cc2C)c(CNC(C)(C)C)c1. The van der Waals surface area contributed by atoms with Crippen LogP contribution in [-0.2, 0) is 6.54 Å². The molecule has 20 heavy (non-hydrogen) atoms. The van der Waals surface area contributed by atoms with Crippen LogP contribution in [0.3, 0.4) is 0 Å². The third-order valence-electron chi connectivity index (χ3n) is 3.28. The maximum atomic E-state index is 4.60. The second-order valence-corrected chi connectivity index (χ2v) is 6.57. The van der Waals surface area contributed by atoms with Crippen LogP contribution in [0, 0.1) is 20.8 Å². The third kappa shape index (κ3) is 3.48. The molecule has 0 fully saturated rings. The summed E-state index contributed by atoms with van der Waals surface area (Å²) in [6, 6.07) is 8.66. The van der Waals surface area contributed by atoms with Crippen molar-refractivity contribution >= 4 is 0 Å². The van der Waals surface area contributed by atoms with Gasteiger partial charge in [-0.3, -0.25) is 0 Å². The van der Waals surface area contributed by atoms with Crippen LogP contribution in [-0.4, -0.2) is 15.3 Å². The maximum Gasteiger partial charge on any atom is 0.0693 e. The van der Waals surface area contributed by atoms with Crippen molar-refractivity contribution in [1.82, 2.24) is 15.1 Å². The molecule has 1 aromatic carbocycles. The Morgan fingerprint density at radius 2 is 1.80 bits per heavy atom. The minimum Gasteiger partial charge on any atom is -0.308 e. The smallest absolute Gasteiger partial charge is 0.0693 e. The molecule has 0 aliphatic heterocycles. The molecule has 0 spiro atoms. The average molecular weight is 271 g/mol. The van der Waals surface area contributed by atoms with Gasteiger partial charge in [-0.05, 0) is 59.2 Å². The van der Waals surface area contributed by atoms with E-state index >= 15 is 0 Å². The molecule has 1 heterocycles. The van der Waals surface area contributed by atoms with Gasteiger partial charge in [-0.25, -0.2) is 4.68 Å². The van der Waals surface area contributed by atoms with Crippen LogP contribution >= 0.6 is 0 Å². The quantitative estimate of drug-likeness (QED) is 0.922. The molecule has 0 radical (unpaired) electrons. The lowest BCUT2D eigenvalue weighted by atomic mass is 10.1. The van der Waals surface area contributed by atoms with Crippen LogP contribution in [0.1, 0.15) is 43.3 Å². The van der Waals surface area contributed by atoms with E-state index in [4.69, 9.17) is 0 Å². The topological polar surface area (TPSA) is 29.9 Å². The summed E-state index contributed by atoms with van der Waals surface area (Å²) in [4.78, 5) is 0. The third-order valence-corrected chi connectivity index (χ3v) is 3.28. The summed E-state index contributed by atoms with van der Waals surface area (Å²) in [7, 11) is 0. The second kappa shape index (κ2) is 5.41. The number of rotatable bonds is 3. The van der Waals surface area contributed by atoms with Crippen molar-refractivity contribution in [2.75, 3.05) is 0 Å². The summed E-state index contributed by atoms with van der Waals surface area (Å²) in [5.74, 6) is 0. The number of aromatic nitrogens is 2. The molecule has 2 aromatic rings. The number of nitrogens with one attached hydrogen (secondary N) is 1. The summed E-state index contributed by atoms with van der Waals surface area (Å²) in [5, 5.41) is 8.16. The molecule has 2 rings (SSSR count). The first-order valence-corrected chi connectivity index (χ1v) is 7.14. The van der Waals surface area contributed by atoms with Crippen LogP contribution in [0.2, 0.25) is 0 Å². The van der Waals surface area contributed by atoms with E-state index in [1.54, 1.807) is 0 Å². The highest BCUT2D eigenvalue weighted by atomic mass is 15.3. The molecule has 3 nitrogen and oxygen atoms in total. The van der Waals surface area contributed by atoms with Gasteiger partial charge in [0.2, 0.25) is 0 Å². The van der Waals surface area contributed by atoms with E-state index in [0.717, 1.165) is 17.9 Å². The van der Waals surface area contributed by atoms with Gasteiger partial charge in [0.1, 0.15) is 0 Å². The van der Waals surface area contributed by atoms with Crippen LogP contribution < -0.4 is 5.32 Å². The summed E-state index contributed by atoms with van der Waals surface area (Å²) < 4.78 is 2.04. The fourth-order valence-corrected chi connectivity index (χ4v) is 2.30. The Morgan fingerprint density at radius 1 is 1.10 bits per heavy atom. The minimum absolute atomic E-state index is 0.107. The van der Waals surface area contributed by atoms with Gasteiger partial charge in [0, 0.05) is 17.8 Å². The fourth-order valence-electron chi connectivity index (χ4n) is 2.30. The van der Waals surface area contributed by atoms with Gasteiger partial charge >= 0.3 is 0 Å². The Morgan fingerprint density at radius 3 is 2.35 bits per heavy atom. The Balaban J connectivity index is 2.40. The first kappa shape index (κ1) is 14.8. The molecule has 3 heteroatoms. The predicted octanol–water partition coefficient (Wildman–Crippen LogP) is 3.69. The van der Waals surface area contributed by atoms with Crippen molar-refractivity contribution in [1.29, 1.82) is 0 Å². The highest BCUT2D eigenvalue weighted by Gasteiger charge is 2.13. The zero-order chi connectivity index (χ0) is 14.9. The zero-order valence-electron chi connectivity index (χ0n) is 13.4. The van der Waals surface area contributed by atoms with Crippen LogP contribution in [0.5, 0.6) is 0 Å². The van der Waals surface area contributed by atoms with Gasteiger partial charge in [-0.15, -0.1) is 0 Å². The lowest BCUT2D eigenvalue weighted by Gasteiger charge is -2.22. The van der Waals surface area contributed by atoms with E-state index in [0.29, 0.717) is 0 Å². The number of hydrogen-bond donors (Lipinski definition) is 1. The van der Waals surface area contributed by atoms with Crippen LogP contribution in [0.15, 0.2) is 24.3 Å². The summed E-state index contributed by atoms with van der Waals surface area (Å²) in [6.45, 7) is 13.7. The zero-order valence-corrected chi connectivity index (χ0v) is 13.4. The van der Waals surface area contributed by atoms with Gasteiger partial charge in [0.05, 0.1) is 11.4 Å². The second-order valence-electron chi connectivity index (χ2n) is 6.57. The van der Waals surface area contributed by atoms with Crippen molar-refractivity contribution < 1.29 is 0 Å². The van der Waals surface area contributed by atoms with Crippen molar-refractivity contribution in [3.8, 4) is 5.69 Å². The van der Waals surface area contributed by atoms with E-state index < -0.39 is 0 Å². The van der Waals surface area contributed by atoms with Gasteiger partial charge in [-0.1, -0.05) is 17.7 Å². The van der Waals surface area contributed by atoms with Gasteiger partial charge in [0.25, 0.3) is 0 Å². The van der Waals surface area contributed by atoms with Crippen molar-refractivity contribution in [3.63, 3.8) is 0 Å². The van der Waals surface area contributed by atoms with Crippen LogP contribution in [0.4, 0.5) is 0 Å². The molecule has 0 atom stereocenters. The van der Waals surface area contributed by atoms with Crippen molar-refractivity contribution in [2.24, 2.45) is 0 Å². The van der Waals surface area contributed by atoms with E-state index in [9.17, 15) is 0 Å². The molecule has 0 aliphatic carbocycles. The Kier molecular flexibility index (Phi) is 4.00. The maximum absolute atomic E-state index is 4.60. The number of hydrogen-bond acceptors (Lipinski definition) is 2. The highest BCUT2D eigenvalue weighted by Crippen LogP contribution is 2.19. The van der Waals surface area contributed by atoms with Crippen molar-refractivity contribution in [2.45, 2.75) is 53.6 Å². The number of benzene rings is 1. The van der Waals surface area contributed by atoms with Crippen LogP contribution in [0.25, 0.3) is 5.69 Å². The Bertz CT molecular complexity index is 603. The molecule has 0 unspecified atom stereocenters. The molecule has 0 aliphatic rings. The molecule has 108 valence electrons. The minimum atomic E-state index is 0.107. The van der Waals surface area contributed by atoms with Crippen molar-refractivity contribution in [3.05, 3.63) is 46.8 Å². The molecule has 1 aromatic heterocycles. The monoisotopic (exact) mass is 271 g/mol. The average Bonchev–Trinajstić information content (AvgIpc) is 2.65. The first-order chi connectivity index (χ1) is 9.26. The van der Waals surface area contributed by atoms with E-state index in [-0.39, 0.29) is 5.54 Å². The highest BCUT2D eigenvalue weighted by molar-refractivity contribution is 5.44. The summed E-state index contributed by atoms with van der Waals surface area (Å²) in [6.07, 6.45) is 0. The van der Waals surface area contributed by atoms with E-state index in [1.165, 1.54) is 16.8 Å². The van der Waals surface area contributed by atoms with Gasteiger partial charge < -0.3 is 5.32 Å². The predicted molar refractivity (Wildman–Crippen MR) is 84.4 cm³/mol. The summed E-state index contributed by atoms with van der Waals surface area (Å²) in [5.41, 5.74) is 6.06. The van der Waals surface area contributed by atoms with E-state index in [2.05, 4.69) is 69.3 Å². The van der Waals surface area contributed by atoms with E-state index in [1.807, 2.05) is 11.6 Å². The van der Waals surface area contributed by atoms with Gasteiger partial charge in [0.15, 0.2) is 0 Å². The molecule has 0 saturated carbocycles. The largest absolute Gasteiger partial charge is 0.308 e. The Hall–Kier alpha value is -1.61. The number of aryl methyl sites for hydroxylation is 3. The Labute approximate surface area is 122 Å². The molecular formula is C17H25N3. The molecule has 0 bridgehead atoms. The summed E-state index contributed by atoms with van der Waals surface area (Å²) >= 11 is 0. The molecule has 0 amide bonds. The normalized spacial score (nSPS) is 11.9. The fraction of sp³-hybridized carbons (Fsp3) is 0.471. The number of nitrogens with zero attached hydrogens (tertiary/aromatic N) is 2.